The topological polar surface area (TPSA) is 76.0 Å². The summed E-state index contributed by atoms with van der Waals surface area (Å²) in [6.07, 6.45) is 2.62. The second kappa shape index (κ2) is 7.68. The summed E-state index contributed by atoms with van der Waals surface area (Å²) in [4.78, 5) is 29.6. The largest absolute Gasteiger partial charge is 0.347 e. The van der Waals surface area contributed by atoms with Crippen molar-refractivity contribution >= 4 is 40.7 Å². The predicted octanol–water partition coefficient (Wildman–Crippen LogP) is 3.92. The molecular weight excluding hydrogens is 375 g/mol. The maximum atomic E-state index is 12.8. The van der Waals surface area contributed by atoms with Crippen LogP contribution >= 0.6 is 23.2 Å². The molecule has 0 aliphatic carbocycles. The summed E-state index contributed by atoms with van der Waals surface area (Å²) < 4.78 is 1.85. The lowest BCUT2D eigenvalue weighted by Crippen LogP contribution is -2.33. The molecule has 0 bridgehead atoms. The average molecular weight is 395 g/mol. The van der Waals surface area contributed by atoms with Gasteiger partial charge in [-0.25, -0.2) is 4.98 Å². The SMILES string of the molecule is CC(C)NC(=O)c1nc(C(=O)Nc2ccc(Cl)cc2Cl)c2n1CCCC2. The lowest BCUT2D eigenvalue weighted by molar-refractivity contribution is 0.0927. The van der Waals surface area contributed by atoms with Gasteiger partial charge < -0.3 is 15.2 Å². The number of anilines is 1. The van der Waals surface area contributed by atoms with E-state index in [9.17, 15) is 9.59 Å². The molecule has 2 heterocycles. The van der Waals surface area contributed by atoms with Crippen molar-refractivity contribution in [3.8, 4) is 0 Å². The molecule has 0 saturated heterocycles. The number of hydrogen-bond acceptors (Lipinski definition) is 3. The molecule has 1 aliphatic heterocycles. The molecule has 0 saturated carbocycles. The first-order valence-corrected chi connectivity index (χ1v) is 9.29. The molecule has 0 unspecified atom stereocenters. The molecule has 6 nitrogen and oxygen atoms in total. The Morgan fingerprint density at radius 2 is 1.96 bits per heavy atom. The van der Waals surface area contributed by atoms with Crippen LogP contribution in [0.1, 0.15) is 53.5 Å². The average Bonchev–Trinajstić information content (AvgIpc) is 2.96. The predicted molar refractivity (Wildman–Crippen MR) is 102 cm³/mol. The fraction of sp³-hybridized carbons (Fsp3) is 0.389. The standard InChI is InChI=1S/C18H20Cl2N4O2/c1-10(2)21-18(26)16-23-15(14-5-3-4-8-24(14)16)17(25)22-13-7-6-11(19)9-12(13)20/h6-7,9-10H,3-5,8H2,1-2H3,(H,21,26)(H,22,25). The number of rotatable bonds is 4. The summed E-state index contributed by atoms with van der Waals surface area (Å²) in [5.74, 6) is -0.379. The third kappa shape index (κ3) is 3.86. The normalized spacial score (nSPS) is 13.4. The number of carbonyl (C=O) groups excluding carboxylic acids is 2. The van der Waals surface area contributed by atoms with Crippen molar-refractivity contribution < 1.29 is 9.59 Å². The van der Waals surface area contributed by atoms with E-state index in [0.29, 0.717) is 28.7 Å². The van der Waals surface area contributed by atoms with Crippen molar-refractivity contribution in [2.24, 2.45) is 0 Å². The van der Waals surface area contributed by atoms with Gasteiger partial charge in [-0.3, -0.25) is 9.59 Å². The van der Waals surface area contributed by atoms with E-state index >= 15 is 0 Å². The van der Waals surface area contributed by atoms with Crippen LogP contribution < -0.4 is 10.6 Å². The Morgan fingerprint density at radius 3 is 2.65 bits per heavy atom. The van der Waals surface area contributed by atoms with Crippen LogP contribution in [-0.2, 0) is 13.0 Å². The molecule has 1 aromatic carbocycles. The number of hydrogen-bond donors (Lipinski definition) is 2. The van der Waals surface area contributed by atoms with Crippen LogP contribution in [0.4, 0.5) is 5.69 Å². The number of aromatic nitrogens is 2. The Morgan fingerprint density at radius 1 is 1.19 bits per heavy atom. The van der Waals surface area contributed by atoms with Gasteiger partial charge in [-0.2, -0.15) is 0 Å². The van der Waals surface area contributed by atoms with Crippen molar-refractivity contribution in [2.45, 2.75) is 45.7 Å². The van der Waals surface area contributed by atoms with Crippen molar-refractivity contribution in [1.29, 1.82) is 0 Å². The highest BCUT2D eigenvalue weighted by Crippen LogP contribution is 2.27. The van der Waals surface area contributed by atoms with E-state index in [-0.39, 0.29) is 29.4 Å². The zero-order valence-corrected chi connectivity index (χ0v) is 16.1. The molecule has 3 rings (SSSR count). The molecule has 0 radical (unpaired) electrons. The Balaban J connectivity index is 1.92. The lowest BCUT2D eigenvalue weighted by atomic mass is 10.1. The fourth-order valence-corrected chi connectivity index (χ4v) is 3.45. The Kier molecular flexibility index (Phi) is 5.53. The van der Waals surface area contributed by atoms with Gasteiger partial charge in [0, 0.05) is 17.6 Å². The van der Waals surface area contributed by atoms with E-state index < -0.39 is 0 Å². The van der Waals surface area contributed by atoms with E-state index in [2.05, 4.69) is 15.6 Å². The van der Waals surface area contributed by atoms with Crippen molar-refractivity contribution in [3.05, 3.63) is 45.5 Å². The minimum atomic E-state index is -0.386. The first-order valence-electron chi connectivity index (χ1n) is 8.53. The summed E-state index contributed by atoms with van der Waals surface area (Å²) in [5, 5.41) is 6.43. The number of nitrogens with zero attached hydrogens (tertiary/aromatic N) is 2. The number of imidazole rings is 1. The summed E-state index contributed by atoms with van der Waals surface area (Å²) in [7, 11) is 0. The molecular formula is C18H20Cl2N4O2. The van der Waals surface area contributed by atoms with Crippen LogP contribution in [-0.4, -0.2) is 27.4 Å². The van der Waals surface area contributed by atoms with Crippen LogP contribution in [0.25, 0.3) is 0 Å². The zero-order valence-electron chi connectivity index (χ0n) is 14.6. The van der Waals surface area contributed by atoms with E-state index in [1.165, 1.54) is 0 Å². The maximum Gasteiger partial charge on any atom is 0.287 e. The molecule has 2 amide bonds. The third-order valence-electron chi connectivity index (χ3n) is 4.14. The second-order valence-corrected chi connectivity index (χ2v) is 7.39. The molecule has 0 atom stereocenters. The van der Waals surface area contributed by atoms with Crippen LogP contribution in [0.3, 0.4) is 0 Å². The van der Waals surface area contributed by atoms with Crippen LogP contribution in [0.5, 0.6) is 0 Å². The van der Waals surface area contributed by atoms with Gasteiger partial charge in [0.15, 0.2) is 11.5 Å². The number of nitrogens with one attached hydrogen (secondary N) is 2. The van der Waals surface area contributed by atoms with E-state index in [4.69, 9.17) is 23.2 Å². The van der Waals surface area contributed by atoms with Gasteiger partial charge in [0.05, 0.1) is 16.4 Å². The van der Waals surface area contributed by atoms with Crippen LogP contribution in [0.2, 0.25) is 10.0 Å². The highest BCUT2D eigenvalue weighted by molar-refractivity contribution is 6.36. The van der Waals surface area contributed by atoms with Crippen molar-refractivity contribution in [3.63, 3.8) is 0 Å². The number of halogens is 2. The Labute approximate surface area is 161 Å². The molecule has 26 heavy (non-hydrogen) atoms. The molecule has 2 N–H and O–H groups in total. The molecule has 1 aliphatic rings. The van der Waals surface area contributed by atoms with Gasteiger partial charge in [0.2, 0.25) is 0 Å². The molecule has 8 heteroatoms. The summed E-state index contributed by atoms with van der Waals surface area (Å²) in [6.45, 7) is 4.44. The Bertz CT molecular complexity index is 861. The molecule has 2 aromatic rings. The highest BCUT2D eigenvalue weighted by atomic mass is 35.5. The quantitative estimate of drug-likeness (QED) is 0.824. The number of fused-ring (bicyclic) bond motifs is 1. The number of carbonyl (C=O) groups is 2. The Hall–Kier alpha value is -2.05. The third-order valence-corrected chi connectivity index (χ3v) is 4.68. The molecule has 1 aromatic heterocycles. The minimum Gasteiger partial charge on any atom is -0.347 e. The van der Waals surface area contributed by atoms with E-state index in [0.717, 1.165) is 18.5 Å². The smallest absolute Gasteiger partial charge is 0.287 e. The fourth-order valence-electron chi connectivity index (χ4n) is 3.00. The number of benzene rings is 1. The van der Waals surface area contributed by atoms with Gasteiger partial charge in [-0.1, -0.05) is 23.2 Å². The monoisotopic (exact) mass is 394 g/mol. The maximum absolute atomic E-state index is 12.8. The molecule has 0 fully saturated rings. The van der Waals surface area contributed by atoms with Crippen LogP contribution in [0.15, 0.2) is 18.2 Å². The van der Waals surface area contributed by atoms with Gasteiger partial charge in [0.1, 0.15) is 0 Å². The zero-order chi connectivity index (χ0) is 18.8. The summed E-state index contributed by atoms with van der Waals surface area (Å²) in [6, 6.07) is 4.83. The lowest BCUT2D eigenvalue weighted by Gasteiger charge is -2.17. The summed E-state index contributed by atoms with van der Waals surface area (Å²) >= 11 is 12.0. The van der Waals surface area contributed by atoms with Gasteiger partial charge >= 0.3 is 0 Å². The number of amides is 2. The van der Waals surface area contributed by atoms with Gasteiger partial charge in [-0.05, 0) is 51.3 Å². The van der Waals surface area contributed by atoms with Crippen LogP contribution in [0, 0.1) is 0 Å². The minimum absolute atomic E-state index is 0.0100. The van der Waals surface area contributed by atoms with E-state index in [1.54, 1.807) is 18.2 Å². The molecule has 0 spiro atoms. The molecule has 138 valence electrons. The second-order valence-electron chi connectivity index (χ2n) is 6.55. The highest BCUT2D eigenvalue weighted by Gasteiger charge is 2.28. The summed E-state index contributed by atoms with van der Waals surface area (Å²) in [5.41, 5.74) is 1.50. The van der Waals surface area contributed by atoms with Gasteiger partial charge in [-0.15, -0.1) is 0 Å². The van der Waals surface area contributed by atoms with E-state index in [1.807, 2.05) is 18.4 Å². The first-order chi connectivity index (χ1) is 12.4. The van der Waals surface area contributed by atoms with Crippen molar-refractivity contribution in [1.82, 2.24) is 14.9 Å². The first kappa shape index (κ1) is 18.7. The van der Waals surface area contributed by atoms with Crippen molar-refractivity contribution in [2.75, 3.05) is 5.32 Å². The van der Waals surface area contributed by atoms with Gasteiger partial charge in [0.25, 0.3) is 11.8 Å².